The maximum Gasteiger partial charge on any atom is 0.225 e. The zero-order valence-electron chi connectivity index (χ0n) is 18.9. The van der Waals surface area contributed by atoms with E-state index in [2.05, 4.69) is 9.97 Å². The number of benzene rings is 1. The van der Waals surface area contributed by atoms with E-state index in [0.29, 0.717) is 36.1 Å². The van der Waals surface area contributed by atoms with Gasteiger partial charge in [0.25, 0.3) is 0 Å². The minimum Gasteiger partial charge on any atom is -0.496 e. The first-order valence-corrected chi connectivity index (χ1v) is 11.4. The number of carbonyl (C=O) groups excluding carboxylic acids is 2. The van der Waals surface area contributed by atoms with Gasteiger partial charge in [0.05, 0.1) is 12.7 Å². The molecule has 0 bridgehead atoms. The molecule has 1 aliphatic rings. The Labute approximate surface area is 194 Å². The number of hydrogen-bond acceptors (Lipinski definition) is 6. The maximum atomic E-state index is 12.9. The first-order valence-electron chi connectivity index (χ1n) is 11.0. The number of aryl methyl sites for hydroxylation is 1. The molecule has 1 amide bonds. The summed E-state index contributed by atoms with van der Waals surface area (Å²) in [6.45, 7) is 5.15. The van der Waals surface area contributed by atoms with Crippen molar-refractivity contribution >= 4 is 29.1 Å². The second-order valence-corrected chi connectivity index (χ2v) is 8.82. The van der Waals surface area contributed by atoms with Crippen LogP contribution in [0.3, 0.4) is 0 Å². The lowest BCUT2D eigenvalue weighted by Gasteiger charge is -2.33. The number of ether oxygens (including phenoxy) is 1. The van der Waals surface area contributed by atoms with Crippen LogP contribution in [0.15, 0.2) is 24.3 Å². The Kier molecular flexibility index (Phi) is 8.07. The molecule has 0 aliphatic carbocycles. The molecule has 1 aromatic heterocycles. The van der Waals surface area contributed by atoms with E-state index in [1.165, 1.54) is 0 Å². The molecule has 0 unspecified atom stereocenters. The number of rotatable bonds is 8. The molecule has 2 aromatic rings. The van der Waals surface area contributed by atoms with Crippen LogP contribution in [0.1, 0.15) is 54.2 Å². The normalized spacial score (nSPS) is 15.4. The Hall–Kier alpha value is -2.67. The summed E-state index contributed by atoms with van der Waals surface area (Å²) >= 11 is 5.86. The number of halogens is 1. The van der Waals surface area contributed by atoms with E-state index in [1.807, 2.05) is 24.8 Å². The van der Waals surface area contributed by atoms with Crippen molar-refractivity contribution in [3.63, 3.8) is 0 Å². The number of nitrogens with two attached hydrogens (primary N) is 1. The van der Waals surface area contributed by atoms with E-state index in [4.69, 9.17) is 22.1 Å². The van der Waals surface area contributed by atoms with Gasteiger partial charge < -0.3 is 15.4 Å². The number of nitrogens with zero attached hydrogens (tertiary/aromatic N) is 3. The fraction of sp³-hybridized carbons (Fsp3) is 0.500. The summed E-state index contributed by atoms with van der Waals surface area (Å²) in [6.07, 6.45) is 3.82. The summed E-state index contributed by atoms with van der Waals surface area (Å²) in [6, 6.07) is 7.13. The van der Waals surface area contributed by atoms with Crippen LogP contribution in [0, 0.1) is 18.8 Å². The molecule has 1 fully saturated rings. The summed E-state index contributed by atoms with van der Waals surface area (Å²) < 4.78 is 5.27. The minimum absolute atomic E-state index is 0.0397. The van der Waals surface area contributed by atoms with E-state index < -0.39 is 0 Å². The topological polar surface area (TPSA) is 98.4 Å². The maximum absolute atomic E-state index is 12.9. The number of hydrogen-bond donors (Lipinski definition) is 1. The zero-order chi connectivity index (χ0) is 23.3. The second kappa shape index (κ2) is 10.8. The summed E-state index contributed by atoms with van der Waals surface area (Å²) in [7, 11) is 1.54. The Morgan fingerprint density at radius 3 is 2.59 bits per heavy atom. The van der Waals surface area contributed by atoms with Gasteiger partial charge in [-0.2, -0.15) is 0 Å². The summed E-state index contributed by atoms with van der Waals surface area (Å²) in [5.41, 5.74) is 8.31. The standard InChI is InChI=1S/C24H31ClN4O3/c1-15(14-20(30)19-6-4-5-7-21(19)32-3)23(31)29-12-10-17(11-13-29)8-9-18-16(2)27-24(25)28-22(18)26/h4-7,15,17H,8-14H2,1-3H3,(H2,26,27,28)/t15-/m1/s1. The van der Waals surface area contributed by atoms with Crippen molar-refractivity contribution in [2.75, 3.05) is 25.9 Å². The molecule has 7 nitrogen and oxygen atoms in total. The third-order valence-corrected chi connectivity index (χ3v) is 6.44. The van der Waals surface area contributed by atoms with Gasteiger partial charge in [-0.25, -0.2) is 9.97 Å². The molecular weight excluding hydrogens is 428 g/mol. The Balaban J connectivity index is 1.49. The predicted octanol–water partition coefficient (Wildman–Crippen LogP) is 4.11. The number of amides is 1. The fourth-order valence-corrected chi connectivity index (χ4v) is 4.56. The van der Waals surface area contributed by atoms with E-state index in [0.717, 1.165) is 36.9 Å². The second-order valence-electron chi connectivity index (χ2n) is 8.48. The molecule has 32 heavy (non-hydrogen) atoms. The predicted molar refractivity (Wildman–Crippen MR) is 125 cm³/mol. The lowest BCUT2D eigenvalue weighted by Crippen LogP contribution is -2.41. The number of methoxy groups -OCH3 is 1. The molecule has 172 valence electrons. The zero-order valence-corrected chi connectivity index (χ0v) is 19.7. The fourth-order valence-electron chi connectivity index (χ4n) is 4.34. The number of para-hydroxylation sites is 1. The lowest BCUT2D eigenvalue weighted by molar-refractivity contribution is -0.136. The van der Waals surface area contributed by atoms with Gasteiger partial charge in [0.15, 0.2) is 5.78 Å². The van der Waals surface area contributed by atoms with Crippen LogP contribution in [0.5, 0.6) is 5.75 Å². The highest BCUT2D eigenvalue weighted by atomic mass is 35.5. The number of piperidine rings is 1. The number of carbonyl (C=O) groups is 2. The monoisotopic (exact) mass is 458 g/mol. The van der Waals surface area contributed by atoms with Gasteiger partial charge in [-0.15, -0.1) is 0 Å². The number of anilines is 1. The molecule has 2 heterocycles. The van der Waals surface area contributed by atoms with E-state index in [-0.39, 0.29) is 29.3 Å². The van der Waals surface area contributed by atoms with Gasteiger partial charge in [0.2, 0.25) is 11.2 Å². The van der Waals surface area contributed by atoms with Crippen molar-refractivity contribution in [1.82, 2.24) is 14.9 Å². The van der Waals surface area contributed by atoms with E-state index in [9.17, 15) is 9.59 Å². The highest BCUT2D eigenvalue weighted by Crippen LogP contribution is 2.27. The van der Waals surface area contributed by atoms with Crippen LogP contribution in [0.25, 0.3) is 0 Å². The molecule has 1 aliphatic heterocycles. The van der Waals surface area contributed by atoms with Crippen molar-refractivity contribution < 1.29 is 14.3 Å². The smallest absolute Gasteiger partial charge is 0.225 e. The minimum atomic E-state index is -0.363. The number of ketones is 1. The van der Waals surface area contributed by atoms with Gasteiger partial charge in [0.1, 0.15) is 11.6 Å². The van der Waals surface area contributed by atoms with Crippen molar-refractivity contribution in [2.24, 2.45) is 11.8 Å². The lowest BCUT2D eigenvalue weighted by atomic mass is 9.89. The van der Waals surface area contributed by atoms with E-state index in [1.54, 1.807) is 25.3 Å². The van der Waals surface area contributed by atoms with Crippen LogP contribution in [0.2, 0.25) is 5.28 Å². The number of aromatic nitrogens is 2. The van der Waals surface area contributed by atoms with Crippen molar-refractivity contribution in [3.05, 3.63) is 46.4 Å². The molecule has 3 rings (SSSR count). The summed E-state index contributed by atoms with van der Waals surface area (Å²) in [5, 5.41) is 0.175. The highest BCUT2D eigenvalue weighted by molar-refractivity contribution is 6.28. The SMILES string of the molecule is COc1ccccc1C(=O)C[C@@H](C)C(=O)N1CCC(CCc2c(C)nc(Cl)nc2N)CC1. The van der Waals surface area contributed by atoms with Crippen LogP contribution < -0.4 is 10.5 Å². The van der Waals surface area contributed by atoms with Crippen LogP contribution >= 0.6 is 11.6 Å². The average Bonchev–Trinajstić information content (AvgIpc) is 2.78. The molecule has 0 saturated carbocycles. The van der Waals surface area contributed by atoms with Crippen molar-refractivity contribution in [1.29, 1.82) is 0 Å². The summed E-state index contributed by atoms with van der Waals surface area (Å²) in [5.74, 6) is 1.11. The molecule has 0 radical (unpaired) electrons. The molecule has 2 N–H and O–H groups in total. The Morgan fingerprint density at radius 1 is 1.25 bits per heavy atom. The van der Waals surface area contributed by atoms with Crippen LogP contribution in [0.4, 0.5) is 5.82 Å². The molecular formula is C24H31ClN4O3. The molecule has 1 saturated heterocycles. The third-order valence-electron chi connectivity index (χ3n) is 6.27. The third kappa shape index (κ3) is 5.76. The summed E-state index contributed by atoms with van der Waals surface area (Å²) in [4.78, 5) is 35.8. The molecule has 1 atom stereocenters. The van der Waals surface area contributed by atoms with Gasteiger partial charge in [0, 0.05) is 36.7 Å². The first-order chi connectivity index (χ1) is 15.3. The van der Waals surface area contributed by atoms with Crippen molar-refractivity contribution in [2.45, 2.75) is 46.0 Å². The highest BCUT2D eigenvalue weighted by Gasteiger charge is 2.28. The van der Waals surface area contributed by atoms with Crippen LogP contribution in [-0.2, 0) is 11.2 Å². The number of likely N-dealkylation sites (tertiary alicyclic amines) is 1. The Morgan fingerprint density at radius 2 is 1.94 bits per heavy atom. The van der Waals surface area contributed by atoms with Crippen LogP contribution in [-0.4, -0.2) is 46.8 Å². The molecule has 8 heteroatoms. The molecule has 1 aromatic carbocycles. The molecule has 0 spiro atoms. The van der Waals surface area contributed by atoms with Gasteiger partial charge in [-0.1, -0.05) is 19.1 Å². The van der Waals surface area contributed by atoms with Gasteiger partial charge in [-0.05, 0) is 62.3 Å². The number of nitrogen functional groups attached to an aromatic ring is 1. The Bertz CT molecular complexity index is 950. The first kappa shape index (κ1) is 24.0. The van der Waals surface area contributed by atoms with Gasteiger partial charge >= 0.3 is 0 Å². The van der Waals surface area contributed by atoms with Crippen molar-refractivity contribution in [3.8, 4) is 5.75 Å². The van der Waals surface area contributed by atoms with Gasteiger partial charge in [-0.3, -0.25) is 9.59 Å². The number of Topliss-reactive ketones (excluding diaryl/α,β-unsaturated/α-hetero) is 1. The quantitative estimate of drug-likeness (QED) is 0.472. The van der Waals surface area contributed by atoms with E-state index >= 15 is 0 Å². The largest absolute Gasteiger partial charge is 0.496 e. The average molecular weight is 459 g/mol.